The molecule has 0 radical (unpaired) electrons. The van der Waals surface area contributed by atoms with Crippen LogP contribution in [0.15, 0.2) is 43.0 Å². The van der Waals surface area contributed by atoms with Crippen molar-refractivity contribution in [2.24, 2.45) is 0 Å². The van der Waals surface area contributed by atoms with Crippen molar-refractivity contribution in [1.29, 1.82) is 0 Å². The average molecular weight is 405 g/mol. The Labute approximate surface area is 171 Å². The van der Waals surface area contributed by atoms with Crippen molar-refractivity contribution in [3.05, 3.63) is 48.6 Å². The van der Waals surface area contributed by atoms with Gasteiger partial charge in [-0.2, -0.15) is 0 Å². The van der Waals surface area contributed by atoms with Crippen LogP contribution in [0, 0.1) is 0 Å². The van der Waals surface area contributed by atoms with Crippen molar-refractivity contribution in [2.45, 2.75) is 89.7 Å². The number of benzene rings is 1. The predicted molar refractivity (Wildman–Crippen MR) is 116 cm³/mol. The first-order chi connectivity index (χ1) is 12.9. The SMILES string of the molecule is C=CCCC(=O)[C@H]1OC(C)(C)O[C@@H]1[C@H](O[Si](C)(C)C(C)(C)C)c1ccccc1. The molecule has 1 aromatic carbocycles. The third kappa shape index (κ3) is 5.41. The summed E-state index contributed by atoms with van der Waals surface area (Å²) in [6, 6.07) is 10.0. The molecule has 1 fully saturated rings. The molecule has 5 heteroatoms. The lowest BCUT2D eigenvalue weighted by molar-refractivity contribution is -0.159. The molecule has 0 aliphatic carbocycles. The summed E-state index contributed by atoms with van der Waals surface area (Å²) in [7, 11) is -2.12. The van der Waals surface area contributed by atoms with E-state index in [9.17, 15) is 4.79 Å². The summed E-state index contributed by atoms with van der Waals surface area (Å²) in [5, 5.41) is 0.0390. The molecule has 2 rings (SSSR count). The van der Waals surface area contributed by atoms with E-state index in [-0.39, 0.29) is 16.9 Å². The van der Waals surface area contributed by atoms with Gasteiger partial charge >= 0.3 is 0 Å². The number of ether oxygens (including phenoxy) is 2. The van der Waals surface area contributed by atoms with Crippen molar-refractivity contribution in [3.8, 4) is 0 Å². The molecular formula is C23H36O4Si. The standard InChI is InChI=1S/C23H36O4Si/c1-9-10-16-18(24)20-21(26-23(5,6)25-20)19(17-14-12-11-13-15-17)27-28(7,8)22(2,3)4/h9,11-15,19-21H,1,10,16H2,2-8H3/t19-,20-,21-/m1/s1. The number of hydrogen-bond donors (Lipinski definition) is 0. The van der Waals surface area contributed by atoms with Crippen molar-refractivity contribution in [3.63, 3.8) is 0 Å². The van der Waals surface area contributed by atoms with Crippen LogP contribution in [-0.4, -0.2) is 32.1 Å². The first kappa shape index (κ1) is 23.0. The zero-order valence-electron chi connectivity index (χ0n) is 18.5. The number of carbonyl (C=O) groups is 1. The minimum absolute atomic E-state index is 0.0373. The van der Waals surface area contributed by atoms with Gasteiger partial charge in [-0.3, -0.25) is 4.79 Å². The fourth-order valence-corrected chi connectivity index (χ4v) is 4.37. The monoisotopic (exact) mass is 404 g/mol. The Balaban J connectivity index is 2.42. The lowest BCUT2D eigenvalue weighted by Gasteiger charge is -2.41. The molecule has 156 valence electrons. The molecule has 4 nitrogen and oxygen atoms in total. The number of Topliss-reactive ketones (excluding diaryl/α,β-unsaturated/α-hetero) is 1. The maximum absolute atomic E-state index is 12.9. The molecule has 0 spiro atoms. The molecule has 0 aromatic heterocycles. The van der Waals surface area contributed by atoms with Crippen LogP contribution in [0.1, 0.15) is 59.1 Å². The van der Waals surface area contributed by atoms with E-state index in [0.29, 0.717) is 12.8 Å². The second kappa shape index (κ2) is 8.62. The van der Waals surface area contributed by atoms with Gasteiger partial charge in [0.25, 0.3) is 0 Å². The maximum Gasteiger partial charge on any atom is 0.193 e. The van der Waals surface area contributed by atoms with Gasteiger partial charge in [0, 0.05) is 6.42 Å². The van der Waals surface area contributed by atoms with Crippen LogP contribution in [-0.2, 0) is 18.7 Å². The van der Waals surface area contributed by atoms with Gasteiger partial charge in [-0.25, -0.2) is 0 Å². The van der Waals surface area contributed by atoms with Gasteiger partial charge in [0.05, 0.1) is 6.10 Å². The molecule has 1 aliphatic heterocycles. The summed E-state index contributed by atoms with van der Waals surface area (Å²) in [5.74, 6) is -0.793. The second-order valence-corrected chi connectivity index (χ2v) is 14.3. The highest BCUT2D eigenvalue weighted by molar-refractivity contribution is 6.74. The van der Waals surface area contributed by atoms with Crippen LogP contribution in [0.4, 0.5) is 0 Å². The lowest BCUT2D eigenvalue weighted by atomic mass is 9.96. The Morgan fingerprint density at radius 3 is 2.39 bits per heavy atom. The van der Waals surface area contributed by atoms with E-state index in [1.165, 1.54) is 0 Å². The van der Waals surface area contributed by atoms with Gasteiger partial charge in [0.15, 0.2) is 19.9 Å². The van der Waals surface area contributed by atoms with Gasteiger partial charge in [0.1, 0.15) is 12.2 Å². The van der Waals surface area contributed by atoms with Crippen LogP contribution < -0.4 is 0 Å². The highest BCUT2D eigenvalue weighted by atomic mass is 28.4. The maximum atomic E-state index is 12.9. The van der Waals surface area contributed by atoms with Crippen LogP contribution in [0.3, 0.4) is 0 Å². The highest BCUT2D eigenvalue weighted by Gasteiger charge is 2.51. The summed E-state index contributed by atoms with van der Waals surface area (Å²) in [5.41, 5.74) is 1.01. The van der Waals surface area contributed by atoms with E-state index in [1.807, 2.05) is 44.2 Å². The van der Waals surface area contributed by atoms with E-state index in [1.54, 1.807) is 6.08 Å². The van der Waals surface area contributed by atoms with E-state index in [0.717, 1.165) is 5.56 Å². The Morgan fingerprint density at radius 1 is 1.25 bits per heavy atom. The number of rotatable bonds is 8. The van der Waals surface area contributed by atoms with E-state index in [4.69, 9.17) is 13.9 Å². The smallest absolute Gasteiger partial charge is 0.193 e. The summed E-state index contributed by atoms with van der Waals surface area (Å²) >= 11 is 0. The molecule has 1 aliphatic rings. The number of carbonyl (C=O) groups excluding carboxylic acids is 1. The van der Waals surface area contributed by atoms with Gasteiger partial charge in [-0.05, 0) is 44.0 Å². The molecule has 0 amide bonds. The van der Waals surface area contributed by atoms with Crippen molar-refractivity contribution >= 4 is 14.1 Å². The fraction of sp³-hybridized carbons (Fsp3) is 0.609. The third-order valence-electron chi connectivity index (χ3n) is 5.70. The minimum Gasteiger partial charge on any atom is -0.407 e. The normalized spacial score (nSPS) is 23.4. The summed E-state index contributed by atoms with van der Waals surface area (Å²) in [4.78, 5) is 12.9. The number of hydrogen-bond acceptors (Lipinski definition) is 4. The molecule has 0 N–H and O–H groups in total. The third-order valence-corrected chi connectivity index (χ3v) is 10.2. The minimum atomic E-state index is -2.12. The van der Waals surface area contributed by atoms with E-state index in [2.05, 4.69) is 40.4 Å². The van der Waals surface area contributed by atoms with Crippen molar-refractivity contribution in [1.82, 2.24) is 0 Å². The highest BCUT2D eigenvalue weighted by Crippen LogP contribution is 2.44. The topological polar surface area (TPSA) is 44.8 Å². The second-order valence-electron chi connectivity index (χ2n) is 9.52. The summed E-state index contributed by atoms with van der Waals surface area (Å²) in [6.07, 6.45) is 1.29. The molecule has 3 atom stereocenters. The molecule has 0 saturated carbocycles. The number of allylic oxidation sites excluding steroid dienone is 1. The molecular weight excluding hydrogens is 368 g/mol. The molecule has 0 unspecified atom stereocenters. The largest absolute Gasteiger partial charge is 0.407 e. The fourth-order valence-electron chi connectivity index (χ4n) is 3.11. The Bertz CT molecular complexity index is 676. The molecule has 28 heavy (non-hydrogen) atoms. The van der Waals surface area contributed by atoms with Crippen LogP contribution in [0.2, 0.25) is 18.1 Å². The van der Waals surface area contributed by atoms with Gasteiger partial charge < -0.3 is 13.9 Å². The molecule has 1 saturated heterocycles. The van der Waals surface area contributed by atoms with Gasteiger partial charge in [0.2, 0.25) is 0 Å². The number of ketones is 1. The zero-order chi connectivity index (χ0) is 21.2. The van der Waals surface area contributed by atoms with Crippen LogP contribution in [0.25, 0.3) is 0 Å². The zero-order valence-corrected chi connectivity index (χ0v) is 19.5. The van der Waals surface area contributed by atoms with Crippen LogP contribution in [0.5, 0.6) is 0 Å². The predicted octanol–water partition coefficient (Wildman–Crippen LogP) is 5.80. The molecule has 1 aromatic rings. The van der Waals surface area contributed by atoms with E-state index >= 15 is 0 Å². The lowest BCUT2D eigenvalue weighted by Crippen LogP contribution is -2.46. The Morgan fingerprint density at radius 2 is 1.86 bits per heavy atom. The summed E-state index contributed by atoms with van der Waals surface area (Å²) < 4.78 is 19.1. The van der Waals surface area contributed by atoms with Crippen molar-refractivity contribution in [2.75, 3.05) is 0 Å². The van der Waals surface area contributed by atoms with E-state index < -0.39 is 26.3 Å². The Kier molecular flexibility index (Phi) is 7.08. The van der Waals surface area contributed by atoms with Crippen LogP contribution >= 0.6 is 0 Å². The first-order valence-electron chi connectivity index (χ1n) is 10.1. The summed E-state index contributed by atoms with van der Waals surface area (Å²) in [6.45, 7) is 18.5. The molecule has 1 heterocycles. The first-order valence-corrected chi connectivity index (χ1v) is 13.0. The quantitative estimate of drug-likeness (QED) is 0.405. The van der Waals surface area contributed by atoms with Gasteiger partial charge in [-0.15, -0.1) is 6.58 Å². The Hall–Kier alpha value is -1.27. The molecule has 0 bridgehead atoms. The van der Waals surface area contributed by atoms with Crippen molar-refractivity contribution < 1.29 is 18.7 Å². The van der Waals surface area contributed by atoms with Gasteiger partial charge in [-0.1, -0.05) is 57.2 Å². The average Bonchev–Trinajstić information content (AvgIpc) is 2.93.